The number of carbonyl (C=O) groups is 1. The highest BCUT2D eigenvalue weighted by molar-refractivity contribution is 5.73. The van der Waals surface area contributed by atoms with Crippen LogP contribution in [0.15, 0.2) is 24.3 Å². The summed E-state index contributed by atoms with van der Waals surface area (Å²) in [7, 11) is 0. The maximum absolute atomic E-state index is 10.5. The van der Waals surface area contributed by atoms with Crippen molar-refractivity contribution in [3.8, 4) is 0 Å². The predicted octanol–water partition coefficient (Wildman–Crippen LogP) is 2.15. The molecule has 1 aromatic carbocycles. The Morgan fingerprint density at radius 2 is 1.93 bits per heavy atom. The molecule has 15 heavy (non-hydrogen) atoms. The van der Waals surface area contributed by atoms with Crippen LogP contribution in [0.25, 0.3) is 0 Å². The first-order chi connectivity index (χ1) is 7.15. The Bertz CT molecular complexity index is 316. The lowest BCUT2D eigenvalue weighted by Crippen LogP contribution is -2.10. The van der Waals surface area contributed by atoms with E-state index in [2.05, 4.69) is 6.92 Å². The lowest BCUT2D eigenvalue weighted by Gasteiger charge is -2.06. The molecular formula is C12H16O3. The van der Waals surface area contributed by atoms with Crippen molar-refractivity contribution in [1.82, 2.24) is 0 Å². The Morgan fingerprint density at radius 1 is 1.33 bits per heavy atom. The first-order valence-electron chi connectivity index (χ1n) is 5.15. The van der Waals surface area contributed by atoms with Gasteiger partial charge in [-0.1, -0.05) is 37.6 Å². The van der Waals surface area contributed by atoms with Crippen LogP contribution in [0.1, 0.15) is 37.0 Å². The van der Waals surface area contributed by atoms with E-state index in [0.717, 1.165) is 19.3 Å². The van der Waals surface area contributed by atoms with Crippen LogP contribution in [-0.2, 0) is 11.2 Å². The van der Waals surface area contributed by atoms with E-state index in [1.165, 1.54) is 5.56 Å². The highest BCUT2D eigenvalue weighted by Crippen LogP contribution is 2.14. The molecule has 0 aliphatic rings. The van der Waals surface area contributed by atoms with Gasteiger partial charge < -0.3 is 10.2 Å². The minimum absolute atomic E-state index is 0.433. The van der Waals surface area contributed by atoms with Gasteiger partial charge in [0.15, 0.2) is 6.10 Å². The summed E-state index contributed by atoms with van der Waals surface area (Å²) in [6.07, 6.45) is 1.85. The molecule has 0 aliphatic carbocycles. The fourth-order valence-electron chi connectivity index (χ4n) is 1.39. The molecule has 0 unspecified atom stereocenters. The van der Waals surface area contributed by atoms with Crippen molar-refractivity contribution in [2.24, 2.45) is 0 Å². The number of aliphatic hydroxyl groups is 1. The molecule has 82 valence electrons. The van der Waals surface area contributed by atoms with E-state index in [0.29, 0.717) is 5.56 Å². The molecule has 3 nitrogen and oxygen atoms in total. The number of unbranched alkanes of at least 4 members (excludes halogenated alkanes) is 1. The van der Waals surface area contributed by atoms with Crippen LogP contribution in [0.3, 0.4) is 0 Å². The molecule has 0 amide bonds. The topological polar surface area (TPSA) is 57.5 Å². The lowest BCUT2D eigenvalue weighted by atomic mass is 10.0. The normalized spacial score (nSPS) is 12.4. The van der Waals surface area contributed by atoms with E-state index in [1.54, 1.807) is 12.1 Å². The molecule has 0 saturated heterocycles. The molecule has 0 heterocycles. The van der Waals surface area contributed by atoms with Gasteiger partial charge in [0, 0.05) is 0 Å². The third-order valence-electron chi connectivity index (χ3n) is 2.35. The average Bonchev–Trinajstić information content (AvgIpc) is 2.26. The van der Waals surface area contributed by atoms with Crippen LogP contribution in [0.5, 0.6) is 0 Å². The van der Waals surface area contributed by atoms with Gasteiger partial charge in [0.05, 0.1) is 0 Å². The number of aryl methyl sites for hydroxylation is 1. The number of aliphatic carboxylic acids is 1. The third-order valence-corrected chi connectivity index (χ3v) is 2.35. The zero-order valence-corrected chi connectivity index (χ0v) is 8.81. The first kappa shape index (κ1) is 11.7. The van der Waals surface area contributed by atoms with Crippen LogP contribution in [-0.4, -0.2) is 16.2 Å². The molecule has 0 spiro atoms. The molecule has 3 heteroatoms. The van der Waals surface area contributed by atoms with Gasteiger partial charge in [-0.2, -0.15) is 0 Å². The van der Waals surface area contributed by atoms with Crippen molar-refractivity contribution in [2.75, 3.05) is 0 Å². The summed E-state index contributed by atoms with van der Waals surface area (Å²) < 4.78 is 0. The average molecular weight is 208 g/mol. The van der Waals surface area contributed by atoms with Gasteiger partial charge in [0.2, 0.25) is 0 Å². The van der Waals surface area contributed by atoms with Gasteiger partial charge in [-0.15, -0.1) is 0 Å². The minimum atomic E-state index is -1.41. The van der Waals surface area contributed by atoms with E-state index in [-0.39, 0.29) is 0 Å². The molecule has 0 aromatic heterocycles. The minimum Gasteiger partial charge on any atom is -0.479 e. The zero-order valence-electron chi connectivity index (χ0n) is 8.81. The Labute approximate surface area is 89.4 Å². The van der Waals surface area contributed by atoms with Crippen LogP contribution in [0.2, 0.25) is 0 Å². The lowest BCUT2D eigenvalue weighted by molar-refractivity contribution is -0.146. The summed E-state index contributed by atoms with van der Waals surface area (Å²) in [6.45, 7) is 2.13. The standard InChI is InChI=1S/C12H16O3/c1-2-3-4-9-5-7-10(8-6-9)11(13)12(14)15/h5-8,11,13H,2-4H2,1H3,(H,14,15)/t11-/m1/s1. The van der Waals surface area contributed by atoms with Crippen molar-refractivity contribution < 1.29 is 15.0 Å². The Hall–Kier alpha value is -1.35. The molecular weight excluding hydrogens is 192 g/mol. The van der Waals surface area contributed by atoms with E-state index < -0.39 is 12.1 Å². The number of hydrogen-bond acceptors (Lipinski definition) is 2. The number of carboxylic acid groups (broad SMARTS) is 1. The maximum Gasteiger partial charge on any atom is 0.337 e. The second kappa shape index (κ2) is 5.51. The third kappa shape index (κ3) is 3.36. The van der Waals surface area contributed by atoms with Crippen molar-refractivity contribution in [3.05, 3.63) is 35.4 Å². The van der Waals surface area contributed by atoms with Gasteiger partial charge in [-0.05, 0) is 24.0 Å². The number of rotatable bonds is 5. The highest BCUT2D eigenvalue weighted by Gasteiger charge is 2.14. The van der Waals surface area contributed by atoms with Gasteiger partial charge in [-0.25, -0.2) is 4.79 Å². The van der Waals surface area contributed by atoms with Crippen molar-refractivity contribution in [3.63, 3.8) is 0 Å². The van der Waals surface area contributed by atoms with Crippen molar-refractivity contribution in [2.45, 2.75) is 32.3 Å². The zero-order chi connectivity index (χ0) is 11.3. The maximum atomic E-state index is 10.5. The highest BCUT2D eigenvalue weighted by atomic mass is 16.4. The molecule has 1 atom stereocenters. The molecule has 0 bridgehead atoms. The number of hydrogen-bond donors (Lipinski definition) is 2. The van der Waals surface area contributed by atoms with Crippen LogP contribution in [0, 0.1) is 0 Å². The Balaban J connectivity index is 2.67. The van der Waals surface area contributed by atoms with Gasteiger partial charge >= 0.3 is 5.97 Å². The van der Waals surface area contributed by atoms with Gasteiger partial charge in [-0.3, -0.25) is 0 Å². The quantitative estimate of drug-likeness (QED) is 0.779. The summed E-state index contributed by atoms with van der Waals surface area (Å²) in [6, 6.07) is 7.09. The molecule has 1 aromatic rings. The SMILES string of the molecule is CCCCc1ccc([C@@H](O)C(=O)O)cc1. The van der Waals surface area contributed by atoms with Gasteiger partial charge in [0.1, 0.15) is 0 Å². The summed E-state index contributed by atoms with van der Waals surface area (Å²) >= 11 is 0. The van der Waals surface area contributed by atoms with Gasteiger partial charge in [0.25, 0.3) is 0 Å². The van der Waals surface area contributed by atoms with Crippen molar-refractivity contribution in [1.29, 1.82) is 0 Å². The smallest absolute Gasteiger partial charge is 0.337 e. The Kier molecular flexibility index (Phi) is 4.31. The molecule has 0 fully saturated rings. The molecule has 1 rings (SSSR count). The van der Waals surface area contributed by atoms with E-state index >= 15 is 0 Å². The predicted molar refractivity (Wildman–Crippen MR) is 57.6 cm³/mol. The Morgan fingerprint density at radius 3 is 2.40 bits per heavy atom. The van der Waals surface area contributed by atoms with Crippen LogP contribution in [0.4, 0.5) is 0 Å². The monoisotopic (exact) mass is 208 g/mol. The largest absolute Gasteiger partial charge is 0.479 e. The number of aliphatic hydroxyl groups excluding tert-OH is 1. The molecule has 0 aliphatic heterocycles. The van der Waals surface area contributed by atoms with Crippen LogP contribution < -0.4 is 0 Å². The number of benzene rings is 1. The second-order valence-corrected chi connectivity index (χ2v) is 3.59. The van der Waals surface area contributed by atoms with Crippen molar-refractivity contribution >= 4 is 5.97 Å². The second-order valence-electron chi connectivity index (χ2n) is 3.59. The molecule has 2 N–H and O–H groups in total. The molecule has 0 saturated carbocycles. The van der Waals surface area contributed by atoms with E-state index in [9.17, 15) is 9.90 Å². The van der Waals surface area contributed by atoms with E-state index in [1.807, 2.05) is 12.1 Å². The molecule has 0 radical (unpaired) electrons. The first-order valence-corrected chi connectivity index (χ1v) is 5.15. The summed E-state index contributed by atoms with van der Waals surface area (Å²) in [5.41, 5.74) is 1.61. The van der Waals surface area contributed by atoms with Crippen LogP contribution >= 0.6 is 0 Å². The number of carboxylic acids is 1. The van der Waals surface area contributed by atoms with E-state index in [4.69, 9.17) is 5.11 Å². The summed E-state index contributed by atoms with van der Waals surface area (Å²) in [5, 5.41) is 17.9. The summed E-state index contributed by atoms with van der Waals surface area (Å²) in [4.78, 5) is 10.5. The summed E-state index contributed by atoms with van der Waals surface area (Å²) in [5.74, 6) is -1.21. The fourth-order valence-corrected chi connectivity index (χ4v) is 1.39. The fraction of sp³-hybridized carbons (Fsp3) is 0.417.